The molecule has 4 aromatic rings. The fourth-order valence-corrected chi connectivity index (χ4v) is 3.78. The summed E-state index contributed by atoms with van der Waals surface area (Å²) in [6.45, 7) is 10.9. The summed E-state index contributed by atoms with van der Waals surface area (Å²) in [7, 11) is 0. The van der Waals surface area contributed by atoms with Crippen molar-refractivity contribution in [1.29, 1.82) is 0 Å². The first-order chi connectivity index (χ1) is 13.7. The van der Waals surface area contributed by atoms with Crippen LogP contribution in [0.1, 0.15) is 51.6 Å². The highest BCUT2D eigenvalue weighted by Gasteiger charge is 2.30. The molecule has 0 saturated heterocycles. The van der Waals surface area contributed by atoms with E-state index in [0.29, 0.717) is 0 Å². The van der Waals surface area contributed by atoms with E-state index in [2.05, 4.69) is 85.6 Å². The summed E-state index contributed by atoms with van der Waals surface area (Å²) in [4.78, 5) is 0. The normalized spacial score (nSPS) is 12.5. The van der Waals surface area contributed by atoms with Gasteiger partial charge in [-0.3, -0.25) is 4.40 Å². The van der Waals surface area contributed by atoms with Crippen LogP contribution in [0.3, 0.4) is 0 Å². The molecule has 2 aromatic carbocycles. The molecule has 0 fully saturated rings. The van der Waals surface area contributed by atoms with Crippen molar-refractivity contribution in [2.45, 2.75) is 45.4 Å². The fourth-order valence-electron chi connectivity index (χ4n) is 3.78. The molecule has 0 unspecified atom stereocenters. The maximum Gasteiger partial charge on any atom is 0.164 e. The molecule has 0 aliphatic rings. The standard InChI is InChI=1S/C25H26FN3/c1-24(2,3)21-7-6-16-29-22(21)27-28-23(29)25(4,5)19-12-8-17(9-13-19)18-10-14-20(26)15-11-18/h6-16H,1-5H3. The van der Waals surface area contributed by atoms with Crippen molar-refractivity contribution in [2.75, 3.05) is 0 Å². The number of hydrogen-bond acceptors (Lipinski definition) is 2. The zero-order chi connectivity index (χ0) is 20.8. The van der Waals surface area contributed by atoms with Crippen LogP contribution < -0.4 is 0 Å². The molecule has 4 rings (SSSR count). The maximum absolute atomic E-state index is 13.2. The molecule has 0 bridgehead atoms. The van der Waals surface area contributed by atoms with Crippen LogP contribution >= 0.6 is 0 Å². The van der Waals surface area contributed by atoms with Crippen molar-refractivity contribution >= 4 is 5.65 Å². The van der Waals surface area contributed by atoms with Crippen LogP contribution in [0.25, 0.3) is 16.8 Å². The van der Waals surface area contributed by atoms with E-state index in [4.69, 9.17) is 0 Å². The van der Waals surface area contributed by atoms with E-state index < -0.39 is 0 Å². The first kappa shape index (κ1) is 19.3. The lowest BCUT2D eigenvalue weighted by Gasteiger charge is -2.24. The zero-order valence-corrected chi connectivity index (χ0v) is 17.6. The predicted octanol–water partition coefficient (Wildman–Crippen LogP) is 6.16. The second-order valence-electron chi connectivity index (χ2n) is 9.10. The van der Waals surface area contributed by atoms with Crippen LogP contribution in [0.5, 0.6) is 0 Å². The van der Waals surface area contributed by atoms with Gasteiger partial charge in [-0.1, -0.05) is 63.2 Å². The van der Waals surface area contributed by atoms with Gasteiger partial charge in [0, 0.05) is 11.8 Å². The summed E-state index contributed by atoms with van der Waals surface area (Å²) in [5, 5.41) is 9.11. The smallest absolute Gasteiger partial charge is 0.164 e. The third-order valence-electron chi connectivity index (χ3n) is 5.59. The first-order valence-corrected chi connectivity index (χ1v) is 9.89. The van der Waals surface area contributed by atoms with Gasteiger partial charge in [-0.2, -0.15) is 0 Å². The molecule has 0 N–H and O–H groups in total. The summed E-state index contributed by atoms with van der Waals surface area (Å²) in [6, 6.07) is 19.2. The average molecular weight is 388 g/mol. The molecular formula is C25H26FN3. The van der Waals surface area contributed by atoms with Gasteiger partial charge in [-0.25, -0.2) is 4.39 Å². The Labute approximate surface area is 171 Å². The lowest BCUT2D eigenvalue weighted by atomic mass is 9.83. The quantitative estimate of drug-likeness (QED) is 0.421. The monoisotopic (exact) mass is 387 g/mol. The Balaban J connectivity index is 1.74. The van der Waals surface area contributed by atoms with Crippen LogP contribution in [-0.2, 0) is 10.8 Å². The summed E-state index contributed by atoms with van der Waals surface area (Å²) >= 11 is 0. The molecule has 0 amide bonds. The number of hydrogen-bond donors (Lipinski definition) is 0. The number of benzene rings is 2. The maximum atomic E-state index is 13.2. The lowest BCUT2D eigenvalue weighted by molar-refractivity contribution is 0.577. The molecule has 0 spiro atoms. The Kier molecular flexibility index (Phi) is 4.53. The molecule has 0 atom stereocenters. The molecule has 0 aliphatic heterocycles. The summed E-state index contributed by atoms with van der Waals surface area (Å²) in [5.74, 6) is 0.688. The van der Waals surface area contributed by atoms with E-state index in [9.17, 15) is 4.39 Å². The molecule has 0 aliphatic carbocycles. The van der Waals surface area contributed by atoms with Gasteiger partial charge in [0.2, 0.25) is 0 Å². The van der Waals surface area contributed by atoms with Gasteiger partial charge in [-0.05, 0) is 54.2 Å². The van der Waals surface area contributed by atoms with E-state index >= 15 is 0 Å². The molecule has 29 heavy (non-hydrogen) atoms. The highest BCUT2D eigenvalue weighted by Crippen LogP contribution is 2.34. The molecule has 148 valence electrons. The largest absolute Gasteiger partial charge is 0.285 e. The van der Waals surface area contributed by atoms with E-state index in [1.807, 2.05) is 6.20 Å². The van der Waals surface area contributed by atoms with Gasteiger partial charge < -0.3 is 0 Å². The van der Waals surface area contributed by atoms with Gasteiger partial charge in [0.15, 0.2) is 5.65 Å². The number of aromatic nitrogens is 3. The Hall–Kier alpha value is -3.01. The van der Waals surface area contributed by atoms with Crippen molar-refractivity contribution in [3.8, 4) is 11.1 Å². The number of halogens is 1. The third kappa shape index (κ3) is 3.44. The van der Waals surface area contributed by atoms with Gasteiger partial charge >= 0.3 is 0 Å². The Morgan fingerprint density at radius 3 is 1.93 bits per heavy atom. The number of nitrogens with zero attached hydrogens (tertiary/aromatic N) is 3. The number of rotatable bonds is 3. The van der Waals surface area contributed by atoms with Gasteiger partial charge in [0.25, 0.3) is 0 Å². The molecule has 0 saturated carbocycles. The zero-order valence-electron chi connectivity index (χ0n) is 17.6. The minimum Gasteiger partial charge on any atom is -0.285 e. The van der Waals surface area contributed by atoms with Crippen LogP contribution in [0.2, 0.25) is 0 Å². The van der Waals surface area contributed by atoms with Crippen molar-refractivity contribution < 1.29 is 4.39 Å². The highest BCUT2D eigenvalue weighted by molar-refractivity contribution is 5.64. The van der Waals surface area contributed by atoms with Crippen molar-refractivity contribution in [2.24, 2.45) is 0 Å². The SMILES string of the molecule is CC(C)(C)c1cccn2c(C(C)(C)c3ccc(-c4ccc(F)cc4)cc3)nnc12. The second kappa shape index (κ2) is 6.80. The van der Waals surface area contributed by atoms with Crippen LogP contribution in [0, 0.1) is 5.82 Å². The highest BCUT2D eigenvalue weighted by atomic mass is 19.1. The van der Waals surface area contributed by atoms with Crippen molar-refractivity contribution in [3.05, 3.63) is 89.6 Å². The Morgan fingerprint density at radius 1 is 0.759 bits per heavy atom. The first-order valence-electron chi connectivity index (χ1n) is 9.89. The van der Waals surface area contributed by atoms with Crippen LogP contribution in [-0.4, -0.2) is 14.6 Å². The van der Waals surface area contributed by atoms with Gasteiger partial charge in [-0.15, -0.1) is 10.2 Å². The molecule has 4 heteroatoms. The Morgan fingerprint density at radius 2 is 1.34 bits per heavy atom. The third-order valence-corrected chi connectivity index (χ3v) is 5.59. The van der Waals surface area contributed by atoms with Crippen LogP contribution in [0.15, 0.2) is 66.9 Å². The molecular weight excluding hydrogens is 361 g/mol. The predicted molar refractivity (Wildman–Crippen MR) is 116 cm³/mol. The van der Waals surface area contributed by atoms with E-state index in [1.165, 1.54) is 17.7 Å². The van der Waals surface area contributed by atoms with Gasteiger partial charge in [0.05, 0.1) is 5.41 Å². The number of fused-ring (bicyclic) bond motifs is 1. The summed E-state index contributed by atoms with van der Waals surface area (Å²) < 4.78 is 15.3. The second-order valence-corrected chi connectivity index (χ2v) is 9.10. The molecule has 2 aromatic heterocycles. The van der Waals surface area contributed by atoms with Crippen molar-refractivity contribution in [1.82, 2.24) is 14.6 Å². The summed E-state index contributed by atoms with van der Waals surface area (Å²) in [5.41, 5.74) is 4.97. The van der Waals surface area contributed by atoms with E-state index in [1.54, 1.807) is 12.1 Å². The van der Waals surface area contributed by atoms with E-state index in [-0.39, 0.29) is 16.6 Å². The fraction of sp³-hybridized carbons (Fsp3) is 0.280. The molecule has 3 nitrogen and oxygen atoms in total. The molecule has 2 heterocycles. The molecule has 0 radical (unpaired) electrons. The van der Waals surface area contributed by atoms with E-state index in [0.717, 1.165) is 28.2 Å². The average Bonchev–Trinajstić information content (AvgIpc) is 3.13. The Bertz CT molecular complexity index is 1150. The topological polar surface area (TPSA) is 30.2 Å². The lowest BCUT2D eigenvalue weighted by Crippen LogP contribution is -2.23. The minimum atomic E-state index is -0.322. The number of pyridine rings is 1. The van der Waals surface area contributed by atoms with Crippen molar-refractivity contribution in [3.63, 3.8) is 0 Å². The summed E-state index contributed by atoms with van der Waals surface area (Å²) in [6.07, 6.45) is 2.04. The van der Waals surface area contributed by atoms with Gasteiger partial charge in [0.1, 0.15) is 11.6 Å². The van der Waals surface area contributed by atoms with Crippen LogP contribution in [0.4, 0.5) is 4.39 Å². The minimum absolute atomic E-state index is 0.00619.